The fourth-order valence-corrected chi connectivity index (χ4v) is 2.67. The number of rotatable bonds is 1. The van der Waals surface area contributed by atoms with Crippen LogP contribution in [0.15, 0.2) is 23.8 Å². The SMILES string of the molecule is CO[C@H]1/C=C/CCCCC(O)CC/C(C)=C\[C@@H](C)[C@@H]1O. The maximum Gasteiger partial charge on any atom is 0.102 e. The number of aliphatic hydroxyl groups excluding tert-OH is 2. The largest absolute Gasteiger partial charge is 0.393 e. The van der Waals surface area contributed by atoms with Crippen molar-refractivity contribution in [2.45, 2.75) is 70.7 Å². The monoisotopic (exact) mass is 282 g/mol. The van der Waals surface area contributed by atoms with Crippen LogP contribution in [-0.2, 0) is 4.74 Å². The Morgan fingerprint density at radius 3 is 2.65 bits per heavy atom. The molecule has 0 spiro atoms. The fourth-order valence-electron chi connectivity index (χ4n) is 2.67. The molecule has 1 aliphatic carbocycles. The molecule has 0 radical (unpaired) electrons. The van der Waals surface area contributed by atoms with E-state index in [0.717, 1.165) is 38.5 Å². The molecule has 1 aliphatic rings. The summed E-state index contributed by atoms with van der Waals surface area (Å²) in [4.78, 5) is 0. The molecule has 0 aliphatic heterocycles. The number of methoxy groups -OCH3 is 1. The predicted molar refractivity (Wildman–Crippen MR) is 82.6 cm³/mol. The van der Waals surface area contributed by atoms with Gasteiger partial charge in [-0.2, -0.15) is 0 Å². The van der Waals surface area contributed by atoms with Gasteiger partial charge in [0, 0.05) is 13.0 Å². The van der Waals surface area contributed by atoms with Crippen molar-refractivity contribution in [2.75, 3.05) is 7.11 Å². The summed E-state index contributed by atoms with van der Waals surface area (Å²) in [7, 11) is 1.64. The molecule has 0 aromatic heterocycles. The van der Waals surface area contributed by atoms with Gasteiger partial charge in [0.05, 0.1) is 12.2 Å². The number of hydrogen-bond donors (Lipinski definition) is 2. The smallest absolute Gasteiger partial charge is 0.102 e. The highest BCUT2D eigenvalue weighted by molar-refractivity contribution is 5.05. The molecule has 1 rings (SSSR count). The van der Waals surface area contributed by atoms with E-state index in [2.05, 4.69) is 19.1 Å². The summed E-state index contributed by atoms with van der Waals surface area (Å²) in [6.07, 6.45) is 10.9. The summed E-state index contributed by atoms with van der Waals surface area (Å²) < 4.78 is 5.38. The van der Waals surface area contributed by atoms with E-state index in [1.165, 1.54) is 5.57 Å². The second kappa shape index (κ2) is 9.32. The average molecular weight is 282 g/mol. The van der Waals surface area contributed by atoms with Gasteiger partial charge in [0.1, 0.15) is 6.10 Å². The van der Waals surface area contributed by atoms with Crippen molar-refractivity contribution in [3.05, 3.63) is 23.8 Å². The van der Waals surface area contributed by atoms with Crippen molar-refractivity contribution >= 4 is 0 Å². The Bertz CT molecular complexity index is 322. The van der Waals surface area contributed by atoms with Crippen LogP contribution in [0.4, 0.5) is 0 Å². The maximum absolute atomic E-state index is 10.3. The third-order valence-electron chi connectivity index (χ3n) is 4.05. The Labute approximate surface area is 123 Å². The minimum Gasteiger partial charge on any atom is -0.393 e. The molecular weight excluding hydrogens is 252 g/mol. The Balaban J connectivity index is 2.76. The van der Waals surface area contributed by atoms with E-state index in [1.807, 2.05) is 13.0 Å². The highest BCUT2D eigenvalue weighted by Gasteiger charge is 2.21. The minimum atomic E-state index is -0.529. The molecule has 0 fully saturated rings. The van der Waals surface area contributed by atoms with Gasteiger partial charge in [-0.3, -0.25) is 0 Å². The zero-order chi connectivity index (χ0) is 15.0. The first-order valence-corrected chi connectivity index (χ1v) is 7.77. The van der Waals surface area contributed by atoms with Gasteiger partial charge < -0.3 is 14.9 Å². The van der Waals surface area contributed by atoms with Crippen LogP contribution in [0.2, 0.25) is 0 Å². The quantitative estimate of drug-likeness (QED) is 0.726. The lowest BCUT2D eigenvalue weighted by atomic mass is 9.94. The van der Waals surface area contributed by atoms with Gasteiger partial charge in [-0.25, -0.2) is 0 Å². The van der Waals surface area contributed by atoms with E-state index in [-0.39, 0.29) is 18.1 Å². The minimum absolute atomic E-state index is 0.0460. The molecule has 1 unspecified atom stereocenters. The average Bonchev–Trinajstić information content (AvgIpc) is 2.43. The van der Waals surface area contributed by atoms with Crippen LogP contribution in [0.1, 0.15) is 52.4 Å². The van der Waals surface area contributed by atoms with Crippen molar-refractivity contribution < 1.29 is 14.9 Å². The van der Waals surface area contributed by atoms with Gasteiger partial charge in [0.2, 0.25) is 0 Å². The number of aliphatic hydroxyl groups is 2. The maximum atomic E-state index is 10.3. The Kier molecular flexibility index (Phi) is 8.12. The Morgan fingerprint density at radius 2 is 1.95 bits per heavy atom. The molecule has 20 heavy (non-hydrogen) atoms. The van der Waals surface area contributed by atoms with Gasteiger partial charge in [0.25, 0.3) is 0 Å². The topological polar surface area (TPSA) is 49.7 Å². The van der Waals surface area contributed by atoms with Crippen LogP contribution in [-0.4, -0.2) is 35.6 Å². The second-order valence-corrected chi connectivity index (χ2v) is 5.97. The summed E-state index contributed by atoms with van der Waals surface area (Å²) in [5.41, 5.74) is 1.23. The lowest BCUT2D eigenvalue weighted by Gasteiger charge is -2.23. The van der Waals surface area contributed by atoms with Gasteiger partial charge in [0.15, 0.2) is 0 Å². The van der Waals surface area contributed by atoms with Crippen LogP contribution in [0, 0.1) is 5.92 Å². The van der Waals surface area contributed by atoms with Crippen molar-refractivity contribution in [2.24, 2.45) is 5.92 Å². The molecule has 0 saturated carbocycles. The highest BCUT2D eigenvalue weighted by Crippen LogP contribution is 2.19. The first kappa shape index (κ1) is 17.4. The van der Waals surface area contributed by atoms with Crippen LogP contribution >= 0.6 is 0 Å². The Hall–Kier alpha value is -0.640. The van der Waals surface area contributed by atoms with Gasteiger partial charge in [-0.1, -0.05) is 37.1 Å². The molecule has 0 aromatic carbocycles. The molecule has 0 heterocycles. The lowest BCUT2D eigenvalue weighted by Crippen LogP contribution is -2.31. The van der Waals surface area contributed by atoms with Crippen LogP contribution in [0.25, 0.3) is 0 Å². The summed E-state index contributed by atoms with van der Waals surface area (Å²) in [5, 5.41) is 20.3. The fraction of sp³-hybridized carbons (Fsp3) is 0.765. The molecular formula is C17H30O3. The van der Waals surface area contributed by atoms with E-state index in [4.69, 9.17) is 4.74 Å². The van der Waals surface area contributed by atoms with Crippen molar-refractivity contribution in [1.82, 2.24) is 0 Å². The molecule has 3 nitrogen and oxygen atoms in total. The first-order chi connectivity index (χ1) is 9.54. The van der Waals surface area contributed by atoms with Crippen LogP contribution in [0.5, 0.6) is 0 Å². The van der Waals surface area contributed by atoms with Crippen LogP contribution < -0.4 is 0 Å². The third-order valence-corrected chi connectivity index (χ3v) is 4.05. The molecule has 4 atom stereocenters. The number of ether oxygens (including phenoxy) is 1. The highest BCUT2D eigenvalue weighted by atomic mass is 16.5. The summed E-state index contributed by atoms with van der Waals surface area (Å²) in [6.45, 7) is 4.08. The molecule has 116 valence electrons. The zero-order valence-corrected chi connectivity index (χ0v) is 13.1. The lowest BCUT2D eigenvalue weighted by molar-refractivity contribution is -0.00190. The molecule has 2 N–H and O–H groups in total. The summed E-state index contributed by atoms with van der Waals surface area (Å²) >= 11 is 0. The normalized spacial score (nSPS) is 38.5. The Morgan fingerprint density at radius 1 is 1.20 bits per heavy atom. The third kappa shape index (κ3) is 6.21. The summed E-state index contributed by atoms with van der Waals surface area (Å²) in [5.74, 6) is 0.0460. The van der Waals surface area contributed by atoms with E-state index in [9.17, 15) is 10.2 Å². The van der Waals surface area contributed by atoms with Gasteiger partial charge >= 0.3 is 0 Å². The van der Waals surface area contributed by atoms with E-state index in [1.54, 1.807) is 7.11 Å². The van der Waals surface area contributed by atoms with Gasteiger partial charge in [-0.05, 0) is 39.0 Å². The van der Waals surface area contributed by atoms with Crippen molar-refractivity contribution in [3.8, 4) is 0 Å². The second-order valence-electron chi connectivity index (χ2n) is 5.97. The predicted octanol–water partition coefficient (Wildman–Crippen LogP) is 3.22. The van der Waals surface area contributed by atoms with Gasteiger partial charge in [-0.15, -0.1) is 0 Å². The molecule has 0 bridgehead atoms. The number of hydrogen-bond acceptors (Lipinski definition) is 3. The van der Waals surface area contributed by atoms with Crippen molar-refractivity contribution in [1.29, 1.82) is 0 Å². The zero-order valence-electron chi connectivity index (χ0n) is 13.1. The summed E-state index contributed by atoms with van der Waals surface area (Å²) in [6, 6.07) is 0. The van der Waals surface area contributed by atoms with E-state index in [0.29, 0.717) is 0 Å². The molecule has 0 aromatic rings. The first-order valence-electron chi connectivity index (χ1n) is 7.77. The molecule has 3 heteroatoms. The van der Waals surface area contributed by atoms with E-state index < -0.39 is 6.10 Å². The molecule has 0 amide bonds. The van der Waals surface area contributed by atoms with Crippen molar-refractivity contribution in [3.63, 3.8) is 0 Å². The molecule has 0 saturated heterocycles. The van der Waals surface area contributed by atoms with E-state index >= 15 is 0 Å². The number of allylic oxidation sites excluding steroid dienone is 2. The standard InChI is InChI=1S/C17H30O3/c1-13-10-11-15(18)8-6-4-5-7-9-16(20-3)17(19)14(2)12-13/h7,9,12,14-19H,4-6,8,10-11H2,1-3H3/b9-7+,13-12-/t14-,15?,16+,17+/m1/s1. The van der Waals surface area contributed by atoms with Crippen LogP contribution in [0.3, 0.4) is 0 Å².